The Hall–Kier alpha value is -0.873. The zero-order valence-electron chi connectivity index (χ0n) is 8.16. The summed E-state index contributed by atoms with van der Waals surface area (Å²) in [5.74, 6) is -0.274. The van der Waals surface area contributed by atoms with Crippen molar-refractivity contribution in [2.45, 2.75) is 13.8 Å². The van der Waals surface area contributed by atoms with Gasteiger partial charge in [-0.25, -0.2) is 4.79 Å². The predicted molar refractivity (Wildman–Crippen MR) is 55.1 cm³/mol. The Bertz CT molecular complexity index is 187. The van der Waals surface area contributed by atoms with Gasteiger partial charge in [0.15, 0.2) is 0 Å². The lowest BCUT2D eigenvalue weighted by atomic mass is 10.4. The molecule has 13 heavy (non-hydrogen) atoms. The third-order valence-corrected chi connectivity index (χ3v) is 2.16. The lowest BCUT2D eigenvalue weighted by molar-refractivity contribution is -0.129. The quantitative estimate of drug-likeness (QED) is 0.274. The van der Waals surface area contributed by atoms with Crippen molar-refractivity contribution in [2.24, 2.45) is 0 Å². The molecule has 3 nitrogen and oxygen atoms in total. The molecule has 0 radical (unpaired) electrons. The number of ether oxygens (including phenoxy) is 1. The highest BCUT2D eigenvalue weighted by atomic mass is 28.2. The van der Waals surface area contributed by atoms with Crippen LogP contribution in [0.2, 0.25) is 0 Å². The molecule has 0 bridgehead atoms. The second kappa shape index (κ2) is 9.22. The molecule has 0 N–H and O–H groups in total. The van der Waals surface area contributed by atoms with Crippen LogP contribution in [0, 0.1) is 0 Å². The van der Waals surface area contributed by atoms with Gasteiger partial charge < -0.3 is 9.16 Å². The minimum absolute atomic E-state index is 0.274. The highest BCUT2D eigenvalue weighted by Gasteiger charge is 1.94. The molecular formula is C9H16O3Si. The lowest BCUT2D eigenvalue weighted by Gasteiger charge is -2.00. The third kappa shape index (κ3) is 9.04. The van der Waals surface area contributed by atoms with Crippen molar-refractivity contribution in [3.05, 3.63) is 24.3 Å². The van der Waals surface area contributed by atoms with E-state index in [-0.39, 0.29) is 5.97 Å². The minimum atomic E-state index is -0.828. The first-order valence-corrected chi connectivity index (χ1v) is 5.92. The second-order valence-electron chi connectivity index (χ2n) is 2.25. The average Bonchev–Trinajstić information content (AvgIpc) is 2.13. The van der Waals surface area contributed by atoms with E-state index in [9.17, 15) is 4.79 Å². The van der Waals surface area contributed by atoms with Crippen LogP contribution in [0.25, 0.3) is 0 Å². The molecule has 0 unspecified atom stereocenters. The van der Waals surface area contributed by atoms with Crippen molar-refractivity contribution >= 4 is 15.7 Å². The van der Waals surface area contributed by atoms with Crippen molar-refractivity contribution in [1.29, 1.82) is 0 Å². The zero-order chi connectivity index (χ0) is 9.94. The summed E-state index contributed by atoms with van der Waals surface area (Å²) in [5, 5.41) is 0. The van der Waals surface area contributed by atoms with Gasteiger partial charge in [0.05, 0.1) is 6.23 Å². The molecule has 0 aliphatic rings. The van der Waals surface area contributed by atoms with Gasteiger partial charge in [0.25, 0.3) is 0 Å². The van der Waals surface area contributed by atoms with E-state index in [1.54, 1.807) is 12.2 Å². The Morgan fingerprint density at radius 3 is 2.85 bits per heavy atom. The highest BCUT2D eigenvalue weighted by Crippen LogP contribution is 1.82. The number of allylic oxidation sites excluding steroid dienone is 3. The molecule has 0 saturated carbocycles. The van der Waals surface area contributed by atoms with E-state index < -0.39 is 9.76 Å². The molecule has 0 aliphatic carbocycles. The molecule has 0 rings (SSSR count). The third-order valence-electron chi connectivity index (χ3n) is 1.21. The van der Waals surface area contributed by atoms with Gasteiger partial charge in [-0.05, 0) is 13.8 Å². The first-order chi connectivity index (χ1) is 6.31. The Kier molecular flexibility index (Phi) is 8.60. The van der Waals surface area contributed by atoms with E-state index in [2.05, 4.69) is 0 Å². The standard InChI is InChI=1S/C9H16O3Si/c1-3-5-6-7-9(10)12-13-8-11-4-2/h3,5-7H,4,8,13H2,1-2H3/b5-3+,7-6+. The van der Waals surface area contributed by atoms with E-state index in [1.165, 1.54) is 6.08 Å². The highest BCUT2D eigenvalue weighted by molar-refractivity contribution is 6.30. The number of carbonyl (C=O) groups excluding carboxylic acids is 1. The van der Waals surface area contributed by atoms with Crippen LogP contribution in [0.15, 0.2) is 24.3 Å². The molecule has 0 amide bonds. The molecule has 0 fully saturated rings. The van der Waals surface area contributed by atoms with Crippen LogP contribution >= 0.6 is 0 Å². The average molecular weight is 200 g/mol. The molecule has 0 aliphatic heterocycles. The van der Waals surface area contributed by atoms with Crippen molar-refractivity contribution in [3.63, 3.8) is 0 Å². The Morgan fingerprint density at radius 2 is 2.23 bits per heavy atom. The van der Waals surface area contributed by atoms with E-state index in [0.29, 0.717) is 12.8 Å². The van der Waals surface area contributed by atoms with Gasteiger partial charge in [-0.2, -0.15) is 0 Å². The van der Waals surface area contributed by atoms with Crippen molar-refractivity contribution < 1.29 is 14.0 Å². The van der Waals surface area contributed by atoms with Crippen LogP contribution in [-0.4, -0.2) is 28.6 Å². The molecule has 0 aromatic rings. The van der Waals surface area contributed by atoms with Crippen LogP contribution < -0.4 is 0 Å². The molecular weight excluding hydrogens is 184 g/mol. The number of rotatable bonds is 6. The second-order valence-corrected chi connectivity index (χ2v) is 3.35. The van der Waals surface area contributed by atoms with Gasteiger partial charge in [0.2, 0.25) is 9.76 Å². The predicted octanol–water partition coefficient (Wildman–Crippen LogP) is 0.740. The normalized spacial score (nSPS) is 12.2. The summed E-state index contributed by atoms with van der Waals surface area (Å²) < 4.78 is 10.0. The smallest absolute Gasteiger partial charge is 0.317 e. The van der Waals surface area contributed by atoms with Crippen LogP contribution in [0.1, 0.15) is 13.8 Å². The summed E-state index contributed by atoms with van der Waals surface area (Å²) in [6, 6.07) is 0. The first-order valence-electron chi connectivity index (χ1n) is 4.35. The molecule has 4 heteroatoms. The fourth-order valence-corrected chi connectivity index (χ4v) is 1.43. The maximum Gasteiger partial charge on any atom is 0.317 e. The molecule has 0 aromatic heterocycles. The van der Waals surface area contributed by atoms with Crippen LogP contribution in [-0.2, 0) is 14.0 Å². The molecule has 0 atom stereocenters. The summed E-state index contributed by atoms with van der Waals surface area (Å²) in [5.41, 5.74) is 0. The van der Waals surface area contributed by atoms with Gasteiger partial charge in [-0.1, -0.05) is 18.2 Å². The van der Waals surface area contributed by atoms with Gasteiger partial charge in [0.1, 0.15) is 0 Å². The SMILES string of the molecule is C/C=C/C=C/C(=O)O[SiH2]COCC. The Morgan fingerprint density at radius 1 is 1.46 bits per heavy atom. The van der Waals surface area contributed by atoms with Crippen molar-refractivity contribution in [1.82, 2.24) is 0 Å². The molecule has 74 valence electrons. The van der Waals surface area contributed by atoms with Gasteiger partial charge in [-0.3, -0.25) is 0 Å². The van der Waals surface area contributed by atoms with E-state index in [4.69, 9.17) is 9.16 Å². The zero-order valence-corrected chi connectivity index (χ0v) is 9.57. The molecule has 0 aromatic carbocycles. The minimum Gasteiger partial charge on any atom is -0.520 e. The fraction of sp³-hybridized carbons (Fsp3) is 0.444. The molecule has 0 spiro atoms. The number of hydrogen-bond acceptors (Lipinski definition) is 3. The van der Waals surface area contributed by atoms with E-state index >= 15 is 0 Å². The van der Waals surface area contributed by atoms with E-state index in [1.807, 2.05) is 19.9 Å². The van der Waals surface area contributed by atoms with Gasteiger partial charge in [0, 0.05) is 12.7 Å². The number of carbonyl (C=O) groups is 1. The summed E-state index contributed by atoms with van der Waals surface area (Å²) in [4.78, 5) is 10.9. The lowest BCUT2D eigenvalue weighted by Crippen LogP contribution is -2.12. The maximum atomic E-state index is 10.9. The summed E-state index contributed by atoms with van der Waals surface area (Å²) in [6.07, 6.45) is 7.31. The van der Waals surface area contributed by atoms with Crippen molar-refractivity contribution in [2.75, 3.05) is 12.8 Å². The van der Waals surface area contributed by atoms with Crippen molar-refractivity contribution in [3.8, 4) is 0 Å². The summed E-state index contributed by atoms with van der Waals surface area (Å²) in [6.45, 7) is 4.49. The van der Waals surface area contributed by atoms with Gasteiger partial charge >= 0.3 is 5.97 Å². The van der Waals surface area contributed by atoms with Crippen LogP contribution in [0.3, 0.4) is 0 Å². The van der Waals surface area contributed by atoms with Gasteiger partial charge in [-0.15, -0.1) is 0 Å². The first kappa shape index (κ1) is 12.1. The Balaban J connectivity index is 3.40. The largest absolute Gasteiger partial charge is 0.520 e. The fourth-order valence-electron chi connectivity index (χ4n) is 0.639. The maximum absolute atomic E-state index is 10.9. The van der Waals surface area contributed by atoms with E-state index in [0.717, 1.165) is 0 Å². The number of hydrogen-bond donors (Lipinski definition) is 0. The van der Waals surface area contributed by atoms with Crippen LogP contribution in [0.5, 0.6) is 0 Å². The summed E-state index contributed by atoms with van der Waals surface area (Å²) in [7, 11) is -0.828. The Labute approximate surface area is 81.4 Å². The monoisotopic (exact) mass is 200 g/mol. The molecule has 0 saturated heterocycles. The van der Waals surface area contributed by atoms with Crippen LogP contribution in [0.4, 0.5) is 0 Å². The topological polar surface area (TPSA) is 35.5 Å². The molecule has 0 heterocycles. The summed E-state index contributed by atoms with van der Waals surface area (Å²) >= 11 is 0.